The number of likely N-dealkylation sites (N-methyl/N-ethyl adjacent to an activating group) is 1. The molecule has 3 nitrogen and oxygen atoms in total. The lowest BCUT2D eigenvalue weighted by Crippen LogP contribution is -2.36. The molecule has 1 aromatic rings. The summed E-state index contributed by atoms with van der Waals surface area (Å²) in [7, 11) is 3.74. The zero-order chi connectivity index (χ0) is 15.2. The van der Waals surface area contributed by atoms with Gasteiger partial charge in [-0.3, -0.25) is 0 Å². The van der Waals surface area contributed by atoms with Crippen molar-refractivity contribution in [3.63, 3.8) is 0 Å². The first kappa shape index (κ1) is 16.2. The van der Waals surface area contributed by atoms with E-state index in [-0.39, 0.29) is 11.9 Å². The van der Waals surface area contributed by atoms with Gasteiger partial charge >= 0.3 is 0 Å². The SMILES string of the molecule is COc1ccc(C(C)NCCN(C)C2CCCC2)c(F)c1. The highest BCUT2D eigenvalue weighted by atomic mass is 19.1. The van der Waals surface area contributed by atoms with Crippen molar-refractivity contribution in [3.05, 3.63) is 29.6 Å². The molecule has 0 heterocycles. The maximum atomic E-state index is 14.0. The largest absolute Gasteiger partial charge is 0.497 e. The predicted octanol–water partition coefficient (Wildman–Crippen LogP) is 3.36. The molecule has 1 atom stereocenters. The molecule has 118 valence electrons. The van der Waals surface area contributed by atoms with Crippen molar-refractivity contribution in [1.29, 1.82) is 0 Å². The van der Waals surface area contributed by atoms with E-state index in [1.54, 1.807) is 19.2 Å². The van der Waals surface area contributed by atoms with Gasteiger partial charge in [0.2, 0.25) is 0 Å². The van der Waals surface area contributed by atoms with E-state index >= 15 is 0 Å². The van der Waals surface area contributed by atoms with Gasteiger partial charge in [-0.15, -0.1) is 0 Å². The number of halogens is 1. The van der Waals surface area contributed by atoms with E-state index in [0.717, 1.165) is 19.1 Å². The van der Waals surface area contributed by atoms with Gasteiger partial charge < -0.3 is 15.0 Å². The summed E-state index contributed by atoms with van der Waals surface area (Å²) in [5.41, 5.74) is 0.694. The fraction of sp³-hybridized carbons (Fsp3) is 0.647. The molecule has 1 aliphatic carbocycles. The minimum Gasteiger partial charge on any atom is -0.497 e. The fourth-order valence-electron chi connectivity index (χ4n) is 3.08. The van der Waals surface area contributed by atoms with E-state index < -0.39 is 0 Å². The first-order valence-corrected chi connectivity index (χ1v) is 7.89. The second-order valence-electron chi connectivity index (χ2n) is 5.98. The molecule has 1 N–H and O–H groups in total. The van der Waals surface area contributed by atoms with E-state index in [2.05, 4.69) is 17.3 Å². The van der Waals surface area contributed by atoms with E-state index in [9.17, 15) is 4.39 Å². The van der Waals surface area contributed by atoms with Gasteiger partial charge in [0.25, 0.3) is 0 Å². The molecule has 4 heteroatoms. The average Bonchev–Trinajstić information content (AvgIpc) is 3.01. The number of methoxy groups -OCH3 is 1. The van der Waals surface area contributed by atoms with Gasteiger partial charge in [-0.1, -0.05) is 18.9 Å². The summed E-state index contributed by atoms with van der Waals surface area (Å²) < 4.78 is 19.0. The lowest BCUT2D eigenvalue weighted by Gasteiger charge is -2.25. The van der Waals surface area contributed by atoms with Crippen molar-refractivity contribution in [1.82, 2.24) is 10.2 Å². The topological polar surface area (TPSA) is 24.5 Å². The third kappa shape index (κ3) is 4.42. The summed E-state index contributed by atoms with van der Waals surface area (Å²) in [5.74, 6) is 0.350. The highest BCUT2D eigenvalue weighted by Gasteiger charge is 2.19. The summed E-state index contributed by atoms with van der Waals surface area (Å²) >= 11 is 0. The molecular weight excluding hydrogens is 267 g/mol. The molecule has 2 rings (SSSR count). The molecule has 1 aromatic carbocycles. The number of rotatable bonds is 7. The highest BCUT2D eigenvalue weighted by molar-refractivity contribution is 5.30. The van der Waals surface area contributed by atoms with Gasteiger partial charge in [-0.2, -0.15) is 0 Å². The zero-order valence-electron chi connectivity index (χ0n) is 13.4. The number of hydrogen-bond donors (Lipinski definition) is 1. The molecule has 0 aliphatic heterocycles. The molecule has 1 saturated carbocycles. The Kier molecular flexibility index (Phi) is 6.00. The minimum absolute atomic E-state index is 0.00730. The van der Waals surface area contributed by atoms with E-state index in [4.69, 9.17) is 4.74 Å². The van der Waals surface area contributed by atoms with Crippen molar-refractivity contribution in [2.45, 2.75) is 44.7 Å². The summed E-state index contributed by atoms with van der Waals surface area (Å²) in [4.78, 5) is 2.43. The van der Waals surface area contributed by atoms with Crippen LogP contribution in [0.3, 0.4) is 0 Å². The molecule has 0 saturated heterocycles. The molecule has 1 unspecified atom stereocenters. The molecule has 0 radical (unpaired) electrons. The maximum absolute atomic E-state index is 14.0. The molecule has 21 heavy (non-hydrogen) atoms. The first-order valence-electron chi connectivity index (χ1n) is 7.89. The molecule has 1 aliphatic rings. The Morgan fingerprint density at radius 3 is 2.71 bits per heavy atom. The molecule has 1 fully saturated rings. The lowest BCUT2D eigenvalue weighted by atomic mass is 10.1. The van der Waals surface area contributed by atoms with Gasteiger partial charge in [0.1, 0.15) is 11.6 Å². The molecule has 0 amide bonds. The Morgan fingerprint density at radius 1 is 1.38 bits per heavy atom. The number of nitrogens with zero attached hydrogens (tertiary/aromatic N) is 1. The maximum Gasteiger partial charge on any atom is 0.131 e. The second-order valence-corrected chi connectivity index (χ2v) is 5.98. The smallest absolute Gasteiger partial charge is 0.131 e. The highest BCUT2D eigenvalue weighted by Crippen LogP contribution is 2.23. The van der Waals surface area contributed by atoms with E-state index in [1.165, 1.54) is 31.7 Å². The van der Waals surface area contributed by atoms with Crippen LogP contribution in [0.2, 0.25) is 0 Å². The van der Waals surface area contributed by atoms with Crippen LogP contribution in [0.15, 0.2) is 18.2 Å². The Morgan fingerprint density at radius 2 is 2.10 bits per heavy atom. The van der Waals surface area contributed by atoms with Crippen LogP contribution in [0.5, 0.6) is 5.75 Å². The zero-order valence-corrected chi connectivity index (χ0v) is 13.4. The standard InChI is InChI=1S/C17H27FN2O/c1-13(16-9-8-15(21-3)12-17(16)18)19-10-11-20(2)14-6-4-5-7-14/h8-9,12-14,19H,4-7,10-11H2,1-3H3. The average molecular weight is 294 g/mol. The molecular formula is C17H27FN2O. The van der Waals surface area contributed by atoms with Crippen molar-refractivity contribution in [2.24, 2.45) is 0 Å². The van der Waals surface area contributed by atoms with Gasteiger partial charge in [0.15, 0.2) is 0 Å². The summed E-state index contributed by atoms with van der Waals surface area (Å²) in [5, 5.41) is 3.41. The Bertz CT molecular complexity index is 446. The van der Waals surface area contributed by atoms with E-state index in [0.29, 0.717) is 11.3 Å². The summed E-state index contributed by atoms with van der Waals surface area (Å²) in [6.07, 6.45) is 5.35. The number of benzene rings is 1. The van der Waals surface area contributed by atoms with E-state index in [1.807, 2.05) is 6.92 Å². The Hall–Kier alpha value is -1.13. The van der Waals surface area contributed by atoms with Crippen molar-refractivity contribution in [2.75, 3.05) is 27.2 Å². The quantitative estimate of drug-likeness (QED) is 0.834. The van der Waals surface area contributed by atoms with Gasteiger partial charge in [-0.25, -0.2) is 4.39 Å². The number of hydrogen-bond acceptors (Lipinski definition) is 3. The first-order chi connectivity index (χ1) is 10.1. The monoisotopic (exact) mass is 294 g/mol. The van der Waals surface area contributed by atoms with Crippen molar-refractivity contribution in [3.8, 4) is 5.75 Å². The summed E-state index contributed by atoms with van der Waals surface area (Å²) in [6.45, 7) is 3.88. The van der Waals surface area contributed by atoms with Crippen LogP contribution in [-0.2, 0) is 0 Å². The van der Waals surface area contributed by atoms with Crippen LogP contribution in [0.1, 0.15) is 44.2 Å². The second kappa shape index (κ2) is 7.76. The lowest BCUT2D eigenvalue weighted by molar-refractivity contribution is 0.242. The molecule has 0 aromatic heterocycles. The third-order valence-electron chi connectivity index (χ3n) is 4.54. The number of nitrogens with one attached hydrogen (secondary N) is 1. The third-order valence-corrected chi connectivity index (χ3v) is 4.54. The summed E-state index contributed by atoms with van der Waals surface area (Å²) in [6, 6.07) is 5.79. The van der Waals surface area contributed by atoms with Crippen molar-refractivity contribution >= 4 is 0 Å². The Balaban J connectivity index is 1.80. The fourth-order valence-corrected chi connectivity index (χ4v) is 3.08. The molecule has 0 spiro atoms. The van der Waals surface area contributed by atoms with Crippen molar-refractivity contribution < 1.29 is 9.13 Å². The van der Waals surface area contributed by atoms with Crippen LogP contribution >= 0.6 is 0 Å². The van der Waals surface area contributed by atoms with Crippen LogP contribution < -0.4 is 10.1 Å². The number of ether oxygens (including phenoxy) is 1. The van der Waals surface area contributed by atoms with Crippen LogP contribution in [0, 0.1) is 5.82 Å². The van der Waals surface area contributed by atoms with Gasteiger partial charge in [-0.05, 0) is 32.9 Å². The normalized spacial score (nSPS) is 17.4. The van der Waals surface area contributed by atoms with Gasteiger partial charge in [0.05, 0.1) is 7.11 Å². The van der Waals surface area contributed by atoms with Crippen LogP contribution in [0.25, 0.3) is 0 Å². The minimum atomic E-state index is -0.210. The van der Waals surface area contributed by atoms with Gasteiger partial charge in [0, 0.05) is 36.8 Å². The predicted molar refractivity (Wildman–Crippen MR) is 84.3 cm³/mol. The Labute approximate surface area is 127 Å². The van der Waals surface area contributed by atoms with Crippen LogP contribution in [0.4, 0.5) is 4.39 Å². The molecule has 0 bridgehead atoms. The van der Waals surface area contributed by atoms with Crippen LogP contribution in [-0.4, -0.2) is 38.2 Å².